The number of imide groups is 1. The van der Waals surface area contributed by atoms with Crippen molar-refractivity contribution in [1.82, 2.24) is 20.4 Å². The Labute approximate surface area is 171 Å². The number of nitrogens with zero attached hydrogens (tertiary/aromatic N) is 3. The Morgan fingerprint density at radius 2 is 1.93 bits per heavy atom. The van der Waals surface area contributed by atoms with Crippen LogP contribution in [-0.4, -0.2) is 68.4 Å². The van der Waals surface area contributed by atoms with Gasteiger partial charge in [0.15, 0.2) is 5.96 Å². The van der Waals surface area contributed by atoms with E-state index in [9.17, 15) is 9.59 Å². The van der Waals surface area contributed by atoms with E-state index in [2.05, 4.69) is 32.7 Å². The molecule has 8 nitrogen and oxygen atoms in total. The molecule has 5 atom stereocenters. The minimum atomic E-state index is -0.135. The number of allylic oxidation sites excluding steroid dienone is 2. The summed E-state index contributed by atoms with van der Waals surface area (Å²) in [6, 6.07) is 3.89. The van der Waals surface area contributed by atoms with Crippen molar-refractivity contribution in [3.63, 3.8) is 0 Å². The summed E-state index contributed by atoms with van der Waals surface area (Å²) in [5.41, 5.74) is 0. The van der Waals surface area contributed by atoms with E-state index in [1.54, 1.807) is 13.3 Å². The molecule has 1 saturated heterocycles. The van der Waals surface area contributed by atoms with Crippen LogP contribution in [0.1, 0.15) is 18.2 Å². The number of rotatable bonds is 7. The predicted molar refractivity (Wildman–Crippen MR) is 109 cm³/mol. The number of guanidine groups is 1. The van der Waals surface area contributed by atoms with Crippen molar-refractivity contribution in [2.45, 2.75) is 12.5 Å². The van der Waals surface area contributed by atoms with Crippen LogP contribution in [-0.2, 0) is 9.59 Å². The molecule has 0 radical (unpaired) electrons. The maximum atomic E-state index is 12.7. The summed E-state index contributed by atoms with van der Waals surface area (Å²) in [5.74, 6) is 1.72. The molecule has 2 amide bonds. The smallest absolute Gasteiger partial charge is 0.233 e. The van der Waals surface area contributed by atoms with Gasteiger partial charge in [-0.05, 0) is 44.5 Å². The van der Waals surface area contributed by atoms with Crippen LogP contribution >= 0.6 is 0 Å². The van der Waals surface area contributed by atoms with Gasteiger partial charge >= 0.3 is 0 Å². The number of likely N-dealkylation sites (tertiary alicyclic amines) is 1. The van der Waals surface area contributed by atoms with Crippen molar-refractivity contribution in [3.8, 4) is 0 Å². The van der Waals surface area contributed by atoms with E-state index in [1.807, 2.05) is 26.2 Å². The van der Waals surface area contributed by atoms with Crippen LogP contribution in [0, 0.1) is 23.7 Å². The van der Waals surface area contributed by atoms with Crippen LogP contribution in [0.3, 0.4) is 0 Å². The highest BCUT2D eigenvalue weighted by atomic mass is 16.3. The van der Waals surface area contributed by atoms with Gasteiger partial charge in [0, 0.05) is 26.7 Å². The Morgan fingerprint density at radius 3 is 2.48 bits per heavy atom. The van der Waals surface area contributed by atoms with E-state index >= 15 is 0 Å². The summed E-state index contributed by atoms with van der Waals surface area (Å²) < 4.78 is 5.53. The SMILES string of the molecule is CN=C(NCCN1C(=O)C2C3C=CC(C3)C2C1=O)NCC(c1ccco1)N(C)C. The van der Waals surface area contributed by atoms with Gasteiger partial charge in [-0.2, -0.15) is 0 Å². The number of fused-ring (bicyclic) bond motifs is 5. The second-order valence-corrected chi connectivity index (χ2v) is 8.20. The van der Waals surface area contributed by atoms with Crippen molar-refractivity contribution in [3.05, 3.63) is 36.3 Å². The number of furan rings is 1. The molecule has 1 aliphatic heterocycles. The molecule has 156 valence electrons. The third kappa shape index (κ3) is 3.57. The van der Waals surface area contributed by atoms with Crippen LogP contribution in [0.5, 0.6) is 0 Å². The molecule has 0 spiro atoms. The van der Waals surface area contributed by atoms with E-state index in [0.717, 1.165) is 12.2 Å². The summed E-state index contributed by atoms with van der Waals surface area (Å²) in [6.45, 7) is 1.44. The first-order valence-electron chi connectivity index (χ1n) is 10.2. The van der Waals surface area contributed by atoms with Gasteiger partial charge in [-0.1, -0.05) is 12.2 Å². The van der Waals surface area contributed by atoms with Gasteiger partial charge in [-0.3, -0.25) is 24.4 Å². The van der Waals surface area contributed by atoms with Gasteiger partial charge in [0.1, 0.15) is 5.76 Å². The Kier molecular flexibility index (Phi) is 5.45. The normalized spacial score (nSPS) is 29.1. The van der Waals surface area contributed by atoms with Gasteiger partial charge in [0.2, 0.25) is 11.8 Å². The molecule has 3 aliphatic rings. The third-order valence-corrected chi connectivity index (χ3v) is 6.37. The quantitative estimate of drug-likeness (QED) is 0.306. The molecule has 1 saturated carbocycles. The van der Waals surface area contributed by atoms with Crippen molar-refractivity contribution in [2.75, 3.05) is 40.8 Å². The van der Waals surface area contributed by atoms with E-state index < -0.39 is 0 Å². The molecular formula is C21H29N5O3. The molecule has 5 unspecified atom stereocenters. The summed E-state index contributed by atoms with van der Waals surface area (Å²) in [4.78, 5) is 33.2. The van der Waals surface area contributed by atoms with Crippen LogP contribution in [0.2, 0.25) is 0 Å². The highest BCUT2D eigenvalue weighted by Crippen LogP contribution is 2.52. The van der Waals surface area contributed by atoms with Gasteiger partial charge < -0.3 is 15.1 Å². The zero-order valence-electron chi connectivity index (χ0n) is 17.2. The average molecular weight is 399 g/mol. The van der Waals surface area contributed by atoms with E-state index in [-0.39, 0.29) is 41.5 Å². The standard InChI is InChI=1S/C21H29N5O3/c1-22-21(24-12-15(25(2)3)16-5-4-10-29-16)23-8-9-26-19(27)17-13-6-7-14(11-13)18(17)20(26)28/h4-7,10,13-15,17-18H,8-9,11-12H2,1-3H3,(H2,22,23,24). The van der Waals surface area contributed by atoms with Crippen molar-refractivity contribution in [1.29, 1.82) is 0 Å². The van der Waals surface area contributed by atoms with Crippen LogP contribution in [0.15, 0.2) is 40.0 Å². The second-order valence-electron chi connectivity index (χ2n) is 8.20. The molecule has 8 heteroatoms. The minimum absolute atomic E-state index is 0.00733. The monoisotopic (exact) mass is 399 g/mol. The molecule has 2 N–H and O–H groups in total. The summed E-state index contributed by atoms with van der Waals surface area (Å²) >= 11 is 0. The third-order valence-electron chi connectivity index (χ3n) is 6.37. The number of amides is 2. The first kappa shape index (κ1) is 19.7. The molecule has 0 aromatic carbocycles. The molecule has 2 heterocycles. The maximum Gasteiger partial charge on any atom is 0.233 e. The fourth-order valence-corrected chi connectivity index (χ4v) is 4.90. The van der Waals surface area contributed by atoms with E-state index in [4.69, 9.17) is 4.42 Å². The molecule has 29 heavy (non-hydrogen) atoms. The fraction of sp³-hybridized carbons (Fsp3) is 0.571. The van der Waals surface area contributed by atoms with Crippen LogP contribution in [0.4, 0.5) is 0 Å². The number of hydrogen-bond acceptors (Lipinski definition) is 5. The summed E-state index contributed by atoms with van der Waals surface area (Å²) in [7, 11) is 5.69. The highest BCUT2D eigenvalue weighted by Gasteiger charge is 2.58. The average Bonchev–Trinajstić information content (AvgIpc) is 3.48. The molecule has 2 bridgehead atoms. The minimum Gasteiger partial charge on any atom is -0.468 e. The number of aliphatic imine (C=N–C) groups is 1. The van der Waals surface area contributed by atoms with Crippen molar-refractivity contribution in [2.24, 2.45) is 28.7 Å². The Morgan fingerprint density at radius 1 is 1.24 bits per heavy atom. The van der Waals surface area contributed by atoms with Gasteiger partial charge in [-0.25, -0.2) is 0 Å². The molecule has 2 aliphatic carbocycles. The lowest BCUT2D eigenvalue weighted by Crippen LogP contribution is -2.45. The van der Waals surface area contributed by atoms with Crippen molar-refractivity contribution < 1.29 is 14.0 Å². The van der Waals surface area contributed by atoms with Gasteiger partial charge in [0.25, 0.3) is 0 Å². The fourth-order valence-electron chi connectivity index (χ4n) is 4.90. The number of hydrogen-bond donors (Lipinski definition) is 2. The molecule has 2 fully saturated rings. The second kappa shape index (κ2) is 8.02. The first-order chi connectivity index (χ1) is 14.0. The maximum absolute atomic E-state index is 12.7. The lowest BCUT2D eigenvalue weighted by atomic mass is 9.85. The Hall–Kier alpha value is -2.61. The number of likely N-dealkylation sites (N-methyl/N-ethyl adjacent to an activating group) is 1. The largest absolute Gasteiger partial charge is 0.468 e. The number of nitrogens with one attached hydrogen (secondary N) is 2. The number of carbonyl (C=O) groups is 2. The molecular weight excluding hydrogens is 370 g/mol. The van der Waals surface area contributed by atoms with Gasteiger partial charge in [0.05, 0.1) is 24.1 Å². The number of carbonyl (C=O) groups excluding carboxylic acids is 2. The summed E-state index contributed by atoms with van der Waals surface area (Å²) in [5, 5.41) is 6.50. The molecule has 4 rings (SSSR count). The van der Waals surface area contributed by atoms with E-state index in [0.29, 0.717) is 25.6 Å². The first-order valence-corrected chi connectivity index (χ1v) is 10.2. The topological polar surface area (TPSA) is 90.2 Å². The highest BCUT2D eigenvalue weighted by molar-refractivity contribution is 6.06. The van der Waals surface area contributed by atoms with Gasteiger partial charge in [-0.15, -0.1) is 0 Å². The lowest BCUT2D eigenvalue weighted by molar-refractivity contribution is -0.140. The Balaban J connectivity index is 1.27. The molecule has 1 aromatic rings. The van der Waals surface area contributed by atoms with Crippen LogP contribution in [0.25, 0.3) is 0 Å². The van der Waals surface area contributed by atoms with Crippen molar-refractivity contribution >= 4 is 17.8 Å². The Bertz CT molecular complexity index is 786. The zero-order valence-corrected chi connectivity index (χ0v) is 17.2. The summed E-state index contributed by atoms with van der Waals surface area (Å²) in [6.07, 6.45) is 6.85. The lowest BCUT2D eigenvalue weighted by Gasteiger charge is -2.24. The van der Waals surface area contributed by atoms with E-state index in [1.165, 1.54) is 4.90 Å². The predicted octanol–water partition coefficient (Wildman–Crippen LogP) is 0.854. The van der Waals surface area contributed by atoms with Crippen LogP contribution < -0.4 is 10.6 Å². The zero-order chi connectivity index (χ0) is 20.5. The molecule has 1 aromatic heterocycles.